The molecule has 0 unspecified atom stereocenters. The van der Waals surface area contributed by atoms with Crippen molar-refractivity contribution in [2.75, 3.05) is 13.1 Å². The quantitative estimate of drug-likeness (QED) is 0.691. The number of hydrogen-bond acceptors (Lipinski definition) is 2. The molecule has 1 fully saturated rings. The summed E-state index contributed by atoms with van der Waals surface area (Å²) in [6.07, 6.45) is 5.52. The molecule has 3 nitrogen and oxygen atoms in total. The highest BCUT2D eigenvalue weighted by Crippen LogP contribution is 2.11. The molecule has 14 heavy (non-hydrogen) atoms. The van der Waals surface area contributed by atoms with Crippen LogP contribution in [0, 0.1) is 0 Å². The van der Waals surface area contributed by atoms with Crippen LogP contribution in [-0.4, -0.2) is 29.7 Å². The maximum Gasteiger partial charge on any atom is 0.222 e. The van der Waals surface area contributed by atoms with Gasteiger partial charge in [0.05, 0.1) is 6.54 Å². The second-order valence-corrected chi connectivity index (χ2v) is 3.87. The average Bonchev–Trinajstić information content (AvgIpc) is 2.17. The first kappa shape index (κ1) is 11.2. The average molecular weight is 197 g/mol. The molecule has 1 saturated heterocycles. The number of nitrogens with zero attached hydrogens (tertiary/aromatic N) is 1. The molecular formula is C11H19NO2. The smallest absolute Gasteiger partial charge is 0.222 e. The highest BCUT2D eigenvalue weighted by Gasteiger charge is 2.17. The number of hydrogen-bond donors (Lipinski definition) is 0. The Balaban J connectivity index is 2.45. The van der Waals surface area contributed by atoms with E-state index in [2.05, 4.69) is 0 Å². The molecule has 1 amide bonds. The van der Waals surface area contributed by atoms with Crippen molar-refractivity contribution in [3.8, 4) is 0 Å². The van der Waals surface area contributed by atoms with Crippen LogP contribution in [0.3, 0.4) is 0 Å². The molecule has 1 aliphatic heterocycles. The maximum absolute atomic E-state index is 11.6. The predicted octanol–water partition coefficient (Wildman–Crippen LogP) is 1.76. The van der Waals surface area contributed by atoms with E-state index in [-0.39, 0.29) is 11.7 Å². The first-order valence-corrected chi connectivity index (χ1v) is 5.53. The molecule has 1 aliphatic rings. The Morgan fingerprint density at radius 1 is 1.29 bits per heavy atom. The van der Waals surface area contributed by atoms with Gasteiger partial charge in [-0.1, -0.05) is 19.8 Å². The third-order valence-corrected chi connectivity index (χ3v) is 2.68. The summed E-state index contributed by atoms with van der Waals surface area (Å²) < 4.78 is 0. The minimum absolute atomic E-state index is 0.159. The molecule has 0 aromatic rings. The van der Waals surface area contributed by atoms with Crippen LogP contribution in [0.15, 0.2) is 0 Å². The lowest BCUT2D eigenvalue weighted by molar-refractivity contribution is -0.135. The second-order valence-electron chi connectivity index (χ2n) is 3.87. The summed E-state index contributed by atoms with van der Waals surface area (Å²) in [4.78, 5) is 24.5. The summed E-state index contributed by atoms with van der Waals surface area (Å²) in [5.74, 6) is 0.324. The predicted molar refractivity (Wildman–Crippen MR) is 55.0 cm³/mol. The third kappa shape index (κ3) is 3.48. The summed E-state index contributed by atoms with van der Waals surface area (Å²) >= 11 is 0. The van der Waals surface area contributed by atoms with E-state index in [9.17, 15) is 9.59 Å². The zero-order chi connectivity index (χ0) is 10.4. The summed E-state index contributed by atoms with van der Waals surface area (Å²) in [6, 6.07) is 0. The number of carbonyl (C=O) groups excluding carboxylic acids is 2. The zero-order valence-corrected chi connectivity index (χ0v) is 8.92. The van der Waals surface area contributed by atoms with Gasteiger partial charge in [-0.3, -0.25) is 9.59 Å². The molecule has 0 saturated carbocycles. The molecule has 0 atom stereocenters. The van der Waals surface area contributed by atoms with Crippen molar-refractivity contribution >= 4 is 11.7 Å². The van der Waals surface area contributed by atoms with E-state index < -0.39 is 0 Å². The van der Waals surface area contributed by atoms with E-state index in [1.165, 1.54) is 6.42 Å². The van der Waals surface area contributed by atoms with Crippen LogP contribution < -0.4 is 0 Å². The van der Waals surface area contributed by atoms with Crippen LogP contribution in [-0.2, 0) is 9.59 Å². The van der Waals surface area contributed by atoms with Gasteiger partial charge in [0, 0.05) is 19.4 Å². The van der Waals surface area contributed by atoms with Crippen LogP contribution in [0.5, 0.6) is 0 Å². The Kier molecular flexibility index (Phi) is 4.63. The molecule has 0 N–H and O–H groups in total. The van der Waals surface area contributed by atoms with Gasteiger partial charge >= 0.3 is 0 Å². The zero-order valence-electron chi connectivity index (χ0n) is 8.92. The highest BCUT2D eigenvalue weighted by atomic mass is 16.2. The fourth-order valence-electron chi connectivity index (χ4n) is 1.71. The molecule has 0 aromatic heterocycles. The van der Waals surface area contributed by atoms with Crippen molar-refractivity contribution in [2.24, 2.45) is 0 Å². The van der Waals surface area contributed by atoms with Gasteiger partial charge in [0.15, 0.2) is 5.78 Å². The van der Waals surface area contributed by atoms with Crippen molar-refractivity contribution in [3.63, 3.8) is 0 Å². The van der Waals surface area contributed by atoms with Gasteiger partial charge in [0.2, 0.25) is 5.91 Å². The van der Waals surface area contributed by atoms with E-state index in [0.717, 1.165) is 25.8 Å². The summed E-state index contributed by atoms with van der Waals surface area (Å²) in [5.41, 5.74) is 0. The number of rotatable bonds is 3. The van der Waals surface area contributed by atoms with Crippen molar-refractivity contribution in [3.05, 3.63) is 0 Å². The molecule has 0 aliphatic carbocycles. The normalized spacial score (nSPS) is 18.9. The fraction of sp³-hybridized carbons (Fsp3) is 0.818. The van der Waals surface area contributed by atoms with Crippen molar-refractivity contribution in [2.45, 2.75) is 45.4 Å². The third-order valence-electron chi connectivity index (χ3n) is 2.68. The van der Waals surface area contributed by atoms with Crippen molar-refractivity contribution in [1.82, 2.24) is 4.90 Å². The minimum Gasteiger partial charge on any atom is -0.335 e. The number of carbonyl (C=O) groups is 2. The highest BCUT2D eigenvalue weighted by molar-refractivity contribution is 5.85. The van der Waals surface area contributed by atoms with Crippen molar-refractivity contribution < 1.29 is 9.59 Å². The Hall–Kier alpha value is -0.860. The minimum atomic E-state index is 0.159. The number of likely N-dealkylation sites (tertiary alicyclic amines) is 1. The Morgan fingerprint density at radius 3 is 2.71 bits per heavy atom. The van der Waals surface area contributed by atoms with Crippen LogP contribution in [0.1, 0.15) is 45.4 Å². The molecule has 3 heteroatoms. The lowest BCUT2D eigenvalue weighted by Gasteiger charge is -2.23. The summed E-state index contributed by atoms with van der Waals surface area (Å²) in [5, 5.41) is 0. The van der Waals surface area contributed by atoms with Gasteiger partial charge in [-0.05, 0) is 12.8 Å². The molecular weight excluding hydrogens is 178 g/mol. The van der Waals surface area contributed by atoms with Gasteiger partial charge in [0.1, 0.15) is 0 Å². The maximum atomic E-state index is 11.6. The van der Waals surface area contributed by atoms with E-state index in [0.29, 0.717) is 19.4 Å². The Morgan fingerprint density at radius 2 is 2.00 bits per heavy atom. The van der Waals surface area contributed by atoms with Gasteiger partial charge in [0.25, 0.3) is 0 Å². The number of amides is 1. The number of Topliss-reactive ketones (excluding diaryl/α,β-unsaturated/α-hetero) is 1. The van der Waals surface area contributed by atoms with Crippen LogP contribution >= 0.6 is 0 Å². The topological polar surface area (TPSA) is 37.4 Å². The van der Waals surface area contributed by atoms with Gasteiger partial charge in [-0.25, -0.2) is 0 Å². The monoisotopic (exact) mass is 197 g/mol. The lowest BCUT2D eigenvalue weighted by atomic mass is 10.1. The molecule has 1 heterocycles. The Bertz CT molecular complexity index is 213. The van der Waals surface area contributed by atoms with Gasteiger partial charge in [-0.2, -0.15) is 0 Å². The van der Waals surface area contributed by atoms with E-state index >= 15 is 0 Å². The summed E-state index contributed by atoms with van der Waals surface area (Å²) in [6.45, 7) is 2.94. The summed E-state index contributed by atoms with van der Waals surface area (Å²) in [7, 11) is 0. The van der Waals surface area contributed by atoms with Gasteiger partial charge < -0.3 is 4.90 Å². The molecule has 0 bridgehead atoms. The van der Waals surface area contributed by atoms with E-state index in [1.54, 1.807) is 4.90 Å². The van der Waals surface area contributed by atoms with Crippen molar-refractivity contribution in [1.29, 1.82) is 0 Å². The first-order chi connectivity index (χ1) is 6.74. The van der Waals surface area contributed by atoms with Crippen LogP contribution in [0.25, 0.3) is 0 Å². The van der Waals surface area contributed by atoms with E-state index in [4.69, 9.17) is 0 Å². The fourth-order valence-corrected chi connectivity index (χ4v) is 1.71. The molecule has 80 valence electrons. The molecule has 0 radical (unpaired) electrons. The largest absolute Gasteiger partial charge is 0.335 e. The molecule has 0 spiro atoms. The van der Waals surface area contributed by atoms with Crippen LogP contribution in [0.2, 0.25) is 0 Å². The SMILES string of the molecule is CCC(=O)CN1CCCCCCC1=O. The lowest BCUT2D eigenvalue weighted by Crippen LogP contribution is -2.36. The van der Waals surface area contributed by atoms with E-state index in [1.807, 2.05) is 6.92 Å². The molecule has 0 aromatic carbocycles. The van der Waals surface area contributed by atoms with Gasteiger partial charge in [-0.15, -0.1) is 0 Å². The first-order valence-electron chi connectivity index (χ1n) is 5.53. The standard InChI is InChI=1S/C11H19NO2/c1-2-10(13)9-12-8-6-4-3-5-7-11(12)14/h2-9H2,1H3. The Labute approximate surface area is 85.5 Å². The number of ketones is 1. The second kappa shape index (κ2) is 5.78. The molecule has 1 rings (SSSR count). The van der Waals surface area contributed by atoms with Crippen LogP contribution in [0.4, 0.5) is 0 Å².